The van der Waals surface area contributed by atoms with E-state index in [9.17, 15) is 0 Å². The Kier molecular flexibility index (Phi) is 6.78. The van der Waals surface area contributed by atoms with Crippen LogP contribution in [0.5, 0.6) is 5.75 Å². The minimum absolute atomic E-state index is 0. The Morgan fingerprint density at radius 2 is 1.75 bits per heavy atom. The molecular weight excluding hydrogens is 326 g/mol. The molecule has 0 saturated carbocycles. The Hall–Kier alpha value is -2.37. The quantitative estimate of drug-likeness (QED) is 0.707. The number of hydrogen-bond donors (Lipinski definition) is 1. The number of nitrogens with zero attached hydrogens (tertiary/aromatic N) is 2. The van der Waals surface area contributed by atoms with Gasteiger partial charge in [0, 0.05) is 12.0 Å². The number of rotatable bonds is 7. The minimum Gasteiger partial charge on any atom is -0.489 e. The summed E-state index contributed by atoms with van der Waals surface area (Å²) in [5, 5.41) is 3.99. The van der Waals surface area contributed by atoms with Crippen LogP contribution in [0.25, 0.3) is 11.4 Å². The van der Waals surface area contributed by atoms with Crippen LogP contribution < -0.4 is 10.5 Å². The van der Waals surface area contributed by atoms with Crippen LogP contribution in [0.3, 0.4) is 0 Å². The van der Waals surface area contributed by atoms with E-state index in [1.165, 1.54) is 0 Å². The number of benzene rings is 2. The fourth-order valence-electron chi connectivity index (χ4n) is 2.17. The van der Waals surface area contributed by atoms with Gasteiger partial charge in [-0.3, -0.25) is 0 Å². The topological polar surface area (TPSA) is 74.2 Å². The van der Waals surface area contributed by atoms with Crippen molar-refractivity contribution < 1.29 is 9.26 Å². The maximum atomic E-state index is 5.76. The van der Waals surface area contributed by atoms with Crippen LogP contribution in [0.4, 0.5) is 0 Å². The standard InChI is InChI=1S/C18H19N3O2.ClH/c19-12-4-7-17-20-18(21-23-17)15-8-10-16(11-9-15)22-13-14-5-2-1-3-6-14;/h1-3,5-6,8-11H,4,7,12-13,19H2;1H. The molecule has 2 N–H and O–H groups in total. The molecule has 5 nitrogen and oxygen atoms in total. The van der Waals surface area contributed by atoms with E-state index in [-0.39, 0.29) is 12.4 Å². The van der Waals surface area contributed by atoms with E-state index in [0.717, 1.165) is 23.3 Å². The van der Waals surface area contributed by atoms with Crippen molar-refractivity contribution in [1.82, 2.24) is 10.1 Å². The third-order valence-electron chi connectivity index (χ3n) is 3.42. The summed E-state index contributed by atoms with van der Waals surface area (Å²) in [5.41, 5.74) is 7.52. The Balaban J connectivity index is 0.00000208. The molecular formula is C18H20ClN3O2. The number of ether oxygens (including phenoxy) is 1. The van der Waals surface area contributed by atoms with Crippen LogP contribution in [0.2, 0.25) is 0 Å². The van der Waals surface area contributed by atoms with E-state index in [2.05, 4.69) is 10.1 Å². The van der Waals surface area contributed by atoms with E-state index in [4.69, 9.17) is 15.0 Å². The third-order valence-corrected chi connectivity index (χ3v) is 3.42. The first-order valence-electron chi connectivity index (χ1n) is 7.65. The SMILES string of the molecule is Cl.NCCCc1nc(-c2ccc(OCc3ccccc3)cc2)no1. The molecule has 0 bridgehead atoms. The summed E-state index contributed by atoms with van der Waals surface area (Å²) in [4.78, 5) is 4.37. The molecule has 0 aliphatic carbocycles. The van der Waals surface area contributed by atoms with Crippen molar-refractivity contribution in [1.29, 1.82) is 0 Å². The zero-order valence-corrected chi connectivity index (χ0v) is 14.0. The Labute approximate surface area is 147 Å². The van der Waals surface area contributed by atoms with Crippen LogP contribution in [-0.4, -0.2) is 16.7 Å². The van der Waals surface area contributed by atoms with Gasteiger partial charge in [-0.05, 0) is 42.8 Å². The molecule has 0 spiro atoms. The second kappa shape index (κ2) is 9.05. The lowest BCUT2D eigenvalue weighted by Gasteiger charge is -2.06. The van der Waals surface area contributed by atoms with Gasteiger partial charge >= 0.3 is 0 Å². The molecule has 1 heterocycles. The largest absolute Gasteiger partial charge is 0.489 e. The van der Waals surface area contributed by atoms with Crippen LogP contribution in [-0.2, 0) is 13.0 Å². The number of aromatic nitrogens is 2. The van der Waals surface area contributed by atoms with Crippen molar-refractivity contribution in [3.05, 3.63) is 66.1 Å². The predicted octanol–water partition coefficient (Wildman–Crippen LogP) is 3.63. The number of aryl methyl sites for hydroxylation is 1. The van der Waals surface area contributed by atoms with Gasteiger partial charge in [0.05, 0.1) is 0 Å². The molecule has 0 fully saturated rings. The van der Waals surface area contributed by atoms with Gasteiger partial charge in [0.2, 0.25) is 11.7 Å². The van der Waals surface area contributed by atoms with Crippen molar-refractivity contribution in [3.8, 4) is 17.1 Å². The second-order valence-electron chi connectivity index (χ2n) is 5.20. The maximum Gasteiger partial charge on any atom is 0.227 e. The molecule has 24 heavy (non-hydrogen) atoms. The Morgan fingerprint density at radius 1 is 1.00 bits per heavy atom. The lowest BCUT2D eigenvalue weighted by molar-refractivity contribution is 0.306. The Bertz CT molecular complexity index is 730. The molecule has 0 radical (unpaired) electrons. The van der Waals surface area contributed by atoms with Crippen molar-refractivity contribution in [2.24, 2.45) is 5.73 Å². The van der Waals surface area contributed by atoms with E-state index < -0.39 is 0 Å². The fourth-order valence-corrected chi connectivity index (χ4v) is 2.17. The molecule has 0 amide bonds. The summed E-state index contributed by atoms with van der Waals surface area (Å²) in [5.74, 6) is 2.02. The lowest BCUT2D eigenvalue weighted by atomic mass is 10.2. The van der Waals surface area contributed by atoms with E-state index in [1.54, 1.807) is 0 Å². The van der Waals surface area contributed by atoms with Crippen molar-refractivity contribution in [2.45, 2.75) is 19.4 Å². The highest BCUT2D eigenvalue weighted by Gasteiger charge is 2.08. The highest BCUT2D eigenvalue weighted by molar-refractivity contribution is 5.85. The second-order valence-corrected chi connectivity index (χ2v) is 5.20. The highest BCUT2D eigenvalue weighted by Crippen LogP contribution is 2.21. The van der Waals surface area contributed by atoms with Crippen LogP contribution in [0.1, 0.15) is 17.9 Å². The average molecular weight is 346 g/mol. The lowest BCUT2D eigenvalue weighted by Crippen LogP contribution is -2.00. The van der Waals surface area contributed by atoms with Crippen LogP contribution >= 0.6 is 12.4 Å². The van der Waals surface area contributed by atoms with Gasteiger partial charge in [0.15, 0.2) is 0 Å². The molecule has 0 aliphatic heterocycles. The van der Waals surface area contributed by atoms with Gasteiger partial charge in [0.1, 0.15) is 12.4 Å². The van der Waals surface area contributed by atoms with E-state index >= 15 is 0 Å². The normalized spacial score (nSPS) is 10.2. The third kappa shape index (κ3) is 4.81. The average Bonchev–Trinajstić information content (AvgIpc) is 3.08. The molecule has 0 unspecified atom stereocenters. The van der Waals surface area contributed by atoms with Crippen molar-refractivity contribution in [3.63, 3.8) is 0 Å². The van der Waals surface area contributed by atoms with Gasteiger partial charge < -0.3 is 15.0 Å². The van der Waals surface area contributed by atoms with E-state index in [1.807, 2.05) is 54.6 Å². The summed E-state index contributed by atoms with van der Waals surface area (Å²) >= 11 is 0. The van der Waals surface area contributed by atoms with Gasteiger partial charge in [-0.15, -0.1) is 12.4 Å². The van der Waals surface area contributed by atoms with Gasteiger partial charge in [0.25, 0.3) is 0 Å². The summed E-state index contributed by atoms with van der Waals surface area (Å²) in [6.45, 7) is 1.16. The number of hydrogen-bond acceptors (Lipinski definition) is 5. The summed E-state index contributed by atoms with van der Waals surface area (Å²) < 4.78 is 11.0. The first kappa shape index (κ1) is 18.0. The molecule has 6 heteroatoms. The zero-order chi connectivity index (χ0) is 15.9. The van der Waals surface area contributed by atoms with Crippen LogP contribution in [0.15, 0.2) is 59.1 Å². The molecule has 1 aromatic heterocycles. The number of halogens is 1. The first-order valence-corrected chi connectivity index (χ1v) is 7.65. The van der Waals surface area contributed by atoms with Crippen molar-refractivity contribution in [2.75, 3.05) is 6.54 Å². The van der Waals surface area contributed by atoms with Crippen molar-refractivity contribution >= 4 is 12.4 Å². The molecule has 3 aromatic rings. The van der Waals surface area contributed by atoms with Gasteiger partial charge in [-0.1, -0.05) is 35.5 Å². The number of nitrogens with two attached hydrogens (primary N) is 1. The summed E-state index contributed by atoms with van der Waals surface area (Å²) in [7, 11) is 0. The van der Waals surface area contributed by atoms with E-state index in [0.29, 0.717) is 31.3 Å². The van der Waals surface area contributed by atoms with Crippen LogP contribution in [0, 0.1) is 0 Å². The Morgan fingerprint density at radius 3 is 2.46 bits per heavy atom. The molecule has 0 saturated heterocycles. The van der Waals surface area contributed by atoms with Gasteiger partial charge in [-0.25, -0.2) is 0 Å². The molecule has 0 atom stereocenters. The molecule has 0 aliphatic rings. The summed E-state index contributed by atoms with van der Waals surface area (Å²) in [6.07, 6.45) is 1.55. The first-order chi connectivity index (χ1) is 11.3. The zero-order valence-electron chi connectivity index (χ0n) is 13.2. The molecule has 2 aromatic carbocycles. The summed E-state index contributed by atoms with van der Waals surface area (Å²) in [6, 6.07) is 17.7. The highest BCUT2D eigenvalue weighted by atomic mass is 35.5. The molecule has 126 valence electrons. The van der Waals surface area contributed by atoms with Gasteiger partial charge in [-0.2, -0.15) is 4.98 Å². The monoisotopic (exact) mass is 345 g/mol. The molecule has 3 rings (SSSR count). The predicted molar refractivity (Wildman–Crippen MR) is 95.1 cm³/mol. The fraction of sp³-hybridized carbons (Fsp3) is 0.222. The maximum absolute atomic E-state index is 5.76. The minimum atomic E-state index is 0. The smallest absolute Gasteiger partial charge is 0.227 e.